The van der Waals surface area contributed by atoms with Gasteiger partial charge in [0.2, 0.25) is 0 Å². The number of hydrogen-bond acceptors (Lipinski definition) is 4. The van der Waals surface area contributed by atoms with E-state index in [4.69, 9.17) is 4.74 Å². The molecule has 0 aromatic carbocycles. The quantitative estimate of drug-likeness (QED) is 0.453. The van der Waals surface area contributed by atoms with E-state index in [-0.39, 0.29) is 5.97 Å². The van der Waals surface area contributed by atoms with Gasteiger partial charge in [-0.2, -0.15) is 0 Å². The molecule has 14 heavy (non-hydrogen) atoms. The predicted octanol–water partition coefficient (Wildman–Crippen LogP) is 2.40. The molecule has 0 aliphatic heterocycles. The first-order valence-electron chi connectivity index (χ1n) is 3.65. The summed E-state index contributed by atoms with van der Waals surface area (Å²) in [6.07, 6.45) is 3.08. The van der Waals surface area contributed by atoms with Crippen molar-refractivity contribution in [2.45, 2.75) is 6.92 Å². The normalized spacial score (nSPS) is 8.71. The average Bonchev–Trinajstić information content (AvgIpc) is 2.16. The SMILES string of the molecule is CC(=O)Oc1cnccc1C#CSI. The number of carbonyl (C=O) groups is 1. The van der Waals surface area contributed by atoms with Gasteiger partial charge < -0.3 is 4.74 Å². The molecule has 0 atom stereocenters. The van der Waals surface area contributed by atoms with Crippen LogP contribution in [-0.2, 0) is 4.79 Å². The summed E-state index contributed by atoms with van der Waals surface area (Å²) in [5.41, 5.74) is 0.666. The highest BCUT2D eigenvalue weighted by atomic mass is 127. The van der Waals surface area contributed by atoms with Gasteiger partial charge in [-0.25, -0.2) is 0 Å². The summed E-state index contributed by atoms with van der Waals surface area (Å²) in [6.45, 7) is 1.34. The highest BCUT2D eigenvalue weighted by Crippen LogP contribution is 2.16. The predicted molar refractivity (Wildman–Crippen MR) is 64.0 cm³/mol. The number of pyridine rings is 1. The third-order valence-corrected chi connectivity index (χ3v) is 2.10. The monoisotopic (exact) mass is 319 g/mol. The van der Waals surface area contributed by atoms with Crippen molar-refractivity contribution in [2.24, 2.45) is 0 Å². The molecule has 0 N–H and O–H groups in total. The molecule has 1 aromatic heterocycles. The molecule has 0 unspecified atom stereocenters. The number of carbonyl (C=O) groups excluding carboxylic acids is 1. The van der Waals surface area contributed by atoms with Crippen LogP contribution in [0.2, 0.25) is 0 Å². The minimum absolute atomic E-state index is 0.372. The highest BCUT2D eigenvalue weighted by Gasteiger charge is 2.02. The van der Waals surface area contributed by atoms with Crippen LogP contribution < -0.4 is 4.74 Å². The van der Waals surface area contributed by atoms with E-state index in [1.807, 2.05) is 0 Å². The zero-order valence-corrected chi connectivity index (χ0v) is 10.3. The van der Waals surface area contributed by atoms with E-state index in [0.29, 0.717) is 11.3 Å². The molecule has 0 aliphatic rings. The highest BCUT2D eigenvalue weighted by molar-refractivity contribution is 14.2. The largest absolute Gasteiger partial charge is 0.424 e. The van der Waals surface area contributed by atoms with E-state index >= 15 is 0 Å². The first kappa shape index (κ1) is 11.3. The topological polar surface area (TPSA) is 39.2 Å². The number of ether oxygens (including phenoxy) is 1. The van der Waals surface area contributed by atoms with Crippen LogP contribution >= 0.6 is 30.1 Å². The van der Waals surface area contributed by atoms with Gasteiger partial charge in [0, 0.05) is 34.3 Å². The fourth-order valence-electron chi connectivity index (χ4n) is 0.794. The van der Waals surface area contributed by atoms with Crippen molar-refractivity contribution >= 4 is 36.1 Å². The van der Waals surface area contributed by atoms with Crippen molar-refractivity contribution in [3.8, 4) is 16.9 Å². The lowest BCUT2D eigenvalue weighted by atomic mass is 10.2. The van der Waals surface area contributed by atoms with E-state index in [1.165, 1.54) is 22.1 Å². The Morgan fingerprint density at radius 3 is 3.14 bits per heavy atom. The van der Waals surface area contributed by atoms with E-state index < -0.39 is 0 Å². The van der Waals surface area contributed by atoms with Crippen LogP contribution in [0, 0.1) is 11.2 Å². The molecule has 3 nitrogen and oxygen atoms in total. The number of nitrogens with zero attached hydrogens (tertiary/aromatic N) is 1. The van der Waals surface area contributed by atoms with Gasteiger partial charge in [0.1, 0.15) is 0 Å². The zero-order valence-electron chi connectivity index (χ0n) is 7.28. The lowest BCUT2D eigenvalue weighted by Gasteiger charge is -2.01. The van der Waals surface area contributed by atoms with Crippen LogP contribution in [0.1, 0.15) is 12.5 Å². The number of halogens is 1. The summed E-state index contributed by atoms with van der Waals surface area (Å²) in [6, 6.07) is 1.71. The maximum Gasteiger partial charge on any atom is 0.308 e. The Balaban J connectivity index is 2.96. The molecule has 0 amide bonds. The van der Waals surface area contributed by atoms with E-state index in [0.717, 1.165) is 0 Å². The zero-order chi connectivity index (χ0) is 10.4. The standard InChI is InChI=1S/C9H6INO2S/c1-7(12)13-9-6-11-4-2-8(9)3-5-14-10/h2,4,6H,1H3. The molecule has 1 heterocycles. The van der Waals surface area contributed by atoms with Crippen LogP contribution in [0.3, 0.4) is 0 Å². The minimum Gasteiger partial charge on any atom is -0.424 e. The Morgan fingerprint density at radius 1 is 1.71 bits per heavy atom. The Bertz CT molecular complexity index is 397. The summed E-state index contributed by atoms with van der Waals surface area (Å²) < 4.78 is 4.93. The summed E-state index contributed by atoms with van der Waals surface area (Å²) in [7, 11) is 1.37. The molecular formula is C9H6INO2S. The van der Waals surface area contributed by atoms with E-state index in [2.05, 4.69) is 37.4 Å². The van der Waals surface area contributed by atoms with Crippen LogP contribution in [0.15, 0.2) is 18.5 Å². The van der Waals surface area contributed by atoms with Gasteiger partial charge in [-0.3, -0.25) is 9.78 Å². The Kier molecular flexibility index (Phi) is 4.76. The first-order chi connectivity index (χ1) is 6.74. The van der Waals surface area contributed by atoms with Crippen LogP contribution in [0.4, 0.5) is 0 Å². The van der Waals surface area contributed by atoms with Crippen molar-refractivity contribution in [1.29, 1.82) is 0 Å². The summed E-state index contributed by atoms with van der Waals surface area (Å²) in [5, 5.41) is 2.81. The second kappa shape index (κ2) is 5.88. The van der Waals surface area contributed by atoms with Gasteiger partial charge >= 0.3 is 5.97 Å². The van der Waals surface area contributed by atoms with Crippen molar-refractivity contribution < 1.29 is 9.53 Å². The molecule has 0 spiro atoms. The fourth-order valence-corrected chi connectivity index (χ4v) is 1.27. The molecule has 5 heteroatoms. The maximum atomic E-state index is 10.7. The van der Waals surface area contributed by atoms with Gasteiger partial charge in [0.15, 0.2) is 5.75 Å². The Hall–Kier alpha value is -0.740. The van der Waals surface area contributed by atoms with Gasteiger partial charge in [-0.15, -0.1) is 0 Å². The summed E-state index contributed by atoms with van der Waals surface area (Å²) in [4.78, 5) is 14.6. The number of rotatable bonds is 1. The van der Waals surface area contributed by atoms with E-state index in [1.54, 1.807) is 12.3 Å². The Labute approximate surface area is 98.2 Å². The lowest BCUT2D eigenvalue weighted by Crippen LogP contribution is -2.03. The minimum atomic E-state index is -0.372. The second-order valence-corrected chi connectivity index (χ2v) is 3.95. The molecule has 0 aliphatic carbocycles. The molecule has 1 aromatic rings. The Morgan fingerprint density at radius 2 is 2.50 bits per heavy atom. The smallest absolute Gasteiger partial charge is 0.308 e. The molecule has 72 valence electrons. The molecule has 0 saturated carbocycles. The van der Waals surface area contributed by atoms with Crippen LogP contribution in [0.25, 0.3) is 0 Å². The first-order valence-corrected chi connectivity index (χ1v) is 7.01. The molecule has 0 bridgehead atoms. The maximum absolute atomic E-state index is 10.7. The molecule has 0 saturated heterocycles. The average molecular weight is 319 g/mol. The fraction of sp³-hybridized carbons (Fsp3) is 0.111. The van der Waals surface area contributed by atoms with Gasteiger partial charge in [-0.1, -0.05) is 5.92 Å². The molecule has 0 radical (unpaired) electrons. The van der Waals surface area contributed by atoms with Crippen molar-refractivity contribution in [3.63, 3.8) is 0 Å². The van der Waals surface area contributed by atoms with Crippen molar-refractivity contribution in [2.75, 3.05) is 0 Å². The van der Waals surface area contributed by atoms with Gasteiger partial charge in [0.05, 0.1) is 11.8 Å². The molecular weight excluding hydrogens is 313 g/mol. The third-order valence-electron chi connectivity index (χ3n) is 1.26. The lowest BCUT2D eigenvalue weighted by molar-refractivity contribution is -0.131. The molecule has 0 fully saturated rings. The number of hydrogen-bond donors (Lipinski definition) is 0. The van der Waals surface area contributed by atoms with Crippen molar-refractivity contribution in [3.05, 3.63) is 24.0 Å². The summed E-state index contributed by atoms with van der Waals surface area (Å²) >= 11 is 2.07. The van der Waals surface area contributed by atoms with Gasteiger partial charge in [0.25, 0.3) is 0 Å². The van der Waals surface area contributed by atoms with Gasteiger partial charge in [-0.05, 0) is 20.3 Å². The van der Waals surface area contributed by atoms with E-state index in [9.17, 15) is 4.79 Å². The second-order valence-electron chi connectivity index (χ2n) is 2.27. The summed E-state index contributed by atoms with van der Waals surface area (Å²) in [5.74, 6) is 2.89. The molecule has 1 rings (SSSR count). The number of aromatic nitrogens is 1. The number of esters is 1. The van der Waals surface area contributed by atoms with Crippen molar-refractivity contribution in [1.82, 2.24) is 4.98 Å². The van der Waals surface area contributed by atoms with Crippen LogP contribution in [0.5, 0.6) is 5.75 Å². The third kappa shape index (κ3) is 3.55. The van der Waals surface area contributed by atoms with Crippen LogP contribution in [-0.4, -0.2) is 11.0 Å².